The second kappa shape index (κ2) is 6.86. The summed E-state index contributed by atoms with van der Waals surface area (Å²) in [5, 5.41) is 2.99. The number of hydrogen-bond donors (Lipinski definition) is 2. The highest BCUT2D eigenvalue weighted by atomic mass is 16.2. The second-order valence-electron chi connectivity index (χ2n) is 6.88. The van der Waals surface area contributed by atoms with Crippen molar-refractivity contribution in [1.82, 2.24) is 19.9 Å². The summed E-state index contributed by atoms with van der Waals surface area (Å²) >= 11 is 0. The van der Waals surface area contributed by atoms with Crippen LogP contribution in [0.1, 0.15) is 12.8 Å². The van der Waals surface area contributed by atoms with Crippen molar-refractivity contribution >= 4 is 17.4 Å². The summed E-state index contributed by atoms with van der Waals surface area (Å²) in [5.41, 5.74) is 2.07. The van der Waals surface area contributed by atoms with Crippen LogP contribution in [0.5, 0.6) is 0 Å². The first-order valence-electron chi connectivity index (χ1n) is 9.03. The van der Waals surface area contributed by atoms with Crippen LogP contribution in [0.15, 0.2) is 42.1 Å². The van der Waals surface area contributed by atoms with Crippen molar-refractivity contribution in [3.8, 4) is 11.3 Å². The number of carbonyl (C=O) groups excluding carboxylic acids is 1. The Morgan fingerprint density at radius 1 is 1.33 bits per heavy atom. The minimum Gasteiger partial charge on any atom is -0.373 e. The van der Waals surface area contributed by atoms with Crippen LogP contribution in [0.3, 0.4) is 0 Å². The van der Waals surface area contributed by atoms with E-state index in [1.807, 2.05) is 12.1 Å². The third-order valence-corrected chi connectivity index (χ3v) is 5.06. The number of likely N-dealkylation sites (tertiary alicyclic amines) is 1. The molecule has 0 radical (unpaired) electrons. The lowest BCUT2D eigenvalue weighted by atomic mass is 10.0. The van der Waals surface area contributed by atoms with E-state index >= 15 is 0 Å². The largest absolute Gasteiger partial charge is 0.373 e. The highest BCUT2D eigenvalue weighted by molar-refractivity contribution is 5.88. The van der Waals surface area contributed by atoms with Gasteiger partial charge in [-0.2, -0.15) is 0 Å². The normalized spacial score (nSPS) is 16.6. The van der Waals surface area contributed by atoms with E-state index in [0.29, 0.717) is 30.6 Å². The monoisotopic (exact) mass is 366 g/mol. The summed E-state index contributed by atoms with van der Waals surface area (Å²) in [5.74, 6) is 0.648. The lowest BCUT2D eigenvalue weighted by Gasteiger charge is -2.46. The molecule has 2 aromatic heterocycles. The maximum absolute atomic E-state index is 12.6. The van der Waals surface area contributed by atoms with Gasteiger partial charge in [0.15, 0.2) is 0 Å². The molecule has 0 aromatic carbocycles. The van der Waals surface area contributed by atoms with Crippen molar-refractivity contribution in [2.75, 3.05) is 30.4 Å². The molecule has 8 heteroatoms. The van der Waals surface area contributed by atoms with Crippen molar-refractivity contribution in [2.24, 2.45) is 0 Å². The van der Waals surface area contributed by atoms with Crippen LogP contribution in [0.25, 0.3) is 11.3 Å². The summed E-state index contributed by atoms with van der Waals surface area (Å²) in [6.07, 6.45) is 6.63. The third-order valence-electron chi connectivity index (χ3n) is 5.06. The summed E-state index contributed by atoms with van der Waals surface area (Å²) in [4.78, 5) is 39.5. The summed E-state index contributed by atoms with van der Waals surface area (Å²) < 4.78 is 0. The first kappa shape index (κ1) is 17.3. The fourth-order valence-corrected chi connectivity index (χ4v) is 3.45. The number of anilines is 2. The Morgan fingerprint density at radius 2 is 2.11 bits per heavy atom. The quantitative estimate of drug-likeness (QED) is 0.747. The van der Waals surface area contributed by atoms with Crippen molar-refractivity contribution < 1.29 is 4.79 Å². The van der Waals surface area contributed by atoms with Gasteiger partial charge >= 0.3 is 0 Å². The van der Waals surface area contributed by atoms with Gasteiger partial charge in [0.25, 0.3) is 5.56 Å². The number of H-pyrrole nitrogens is 1. The number of rotatable bonds is 6. The van der Waals surface area contributed by atoms with Crippen molar-refractivity contribution in [1.29, 1.82) is 0 Å². The molecule has 1 aliphatic heterocycles. The molecule has 1 aliphatic carbocycles. The molecule has 1 saturated carbocycles. The molecule has 140 valence electrons. The van der Waals surface area contributed by atoms with Crippen LogP contribution >= 0.6 is 0 Å². The van der Waals surface area contributed by atoms with E-state index in [2.05, 4.69) is 31.7 Å². The zero-order valence-corrected chi connectivity index (χ0v) is 15.2. The van der Waals surface area contributed by atoms with Gasteiger partial charge in [0.1, 0.15) is 17.8 Å². The molecular formula is C19H22N6O2. The number of nitrogens with zero attached hydrogens (tertiary/aromatic N) is 4. The number of aromatic nitrogens is 3. The molecule has 0 atom stereocenters. The van der Waals surface area contributed by atoms with E-state index < -0.39 is 0 Å². The van der Waals surface area contributed by atoms with Gasteiger partial charge in [0, 0.05) is 44.0 Å². The van der Waals surface area contributed by atoms with Crippen molar-refractivity contribution in [3.63, 3.8) is 0 Å². The fraction of sp³-hybridized carbons (Fsp3) is 0.368. The number of nitrogens with one attached hydrogen (secondary N) is 2. The summed E-state index contributed by atoms with van der Waals surface area (Å²) in [7, 11) is 1.80. The zero-order chi connectivity index (χ0) is 19.0. The van der Waals surface area contributed by atoms with Crippen LogP contribution in [0.4, 0.5) is 11.5 Å². The Hall–Kier alpha value is -3.16. The zero-order valence-electron chi connectivity index (χ0n) is 15.2. The number of pyridine rings is 1. The van der Waals surface area contributed by atoms with E-state index in [9.17, 15) is 9.59 Å². The molecule has 0 bridgehead atoms. The van der Waals surface area contributed by atoms with Gasteiger partial charge in [-0.15, -0.1) is 0 Å². The molecule has 4 rings (SSSR count). The minimum absolute atomic E-state index is 0.0646. The third kappa shape index (κ3) is 3.30. The summed E-state index contributed by atoms with van der Waals surface area (Å²) in [6, 6.07) is 4.23. The predicted molar refractivity (Wildman–Crippen MR) is 104 cm³/mol. The van der Waals surface area contributed by atoms with Gasteiger partial charge in [-0.05, 0) is 25.0 Å². The van der Waals surface area contributed by atoms with E-state index in [4.69, 9.17) is 0 Å². The smallest absolute Gasteiger partial charge is 0.271 e. The molecule has 2 aliphatic rings. The number of aromatic amines is 1. The Labute approximate surface area is 156 Å². The first-order valence-corrected chi connectivity index (χ1v) is 9.03. The van der Waals surface area contributed by atoms with E-state index in [1.165, 1.54) is 12.4 Å². The van der Waals surface area contributed by atoms with Gasteiger partial charge in [-0.3, -0.25) is 9.59 Å². The maximum Gasteiger partial charge on any atom is 0.271 e. The Bertz CT molecular complexity index is 930. The van der Waals surface area contributed by atoms with Gasteiger partial charge < -0.3 is 20.1 Å². The highest BCUT2D eigenvalue weighted by Crippen LogP contribution is 2.35. The molecule has 3 heterocycles. The molecule has 2 aromatic rings. The number of amides is 1. The van der Waals surface area contributed by atoms with Crippen LogP contribution in [0, 0.1) is 0 Å². The Kier molecular flexibility index (Phi) is 4.39. The van der Waals surface area contributed by atoms with Crippen LogP contribution in [-0.2, 0) is 4.79 Å². The number of hydrogen-bond acceptors (Lipinski definition) is 6. The average molecular weight is 366 g/mol. The highest BCUT2D eigenvalue weighted by Gasteiger charge is 2.42. The van der Waals surface area contributed by atoms with Gasteiger partial charge in [0.2, 0.25) is 5.91 Å². The van der Waals surface area contributed by atoms with Gasteiger partial charge in [-0.1, -0.05) is 6.58 Å². The SMILES string of the molecule is C=CC(=O)N1CC(N(c2cc(-c3cc(NC)ncn3)c[nH]c2=O)C2CC2)C1. The average Bonchev–Trinajstić information content (AvgIpc) is 3.49. The van der Waals surface area contributed by atoms with Gasteiger partial charge in [0.05, 0.1) is 11.7 Å². The first-order chi connectivity index (χ1) is 13.1. The second-order valence-corrected chi connectivity index (χ2v) is 6.88. The topological polar surface area (TPSA) is 94.2 Å². The maximum atomic E-state index is 12.6. The Balaban J connectivity index is 1.64. The molecule has 0 spiro atoms. The van der Waals surface area contributed by atoms with E-state index in [1.54, 1.807) is 18.1 Å². The van der Waals surface area contributed by atoms with E-state index in [-0.39, 0.29) is 17.5 Å². The van der Waals surface area contributed by atoms with Crippen molar-refractivity contribution in [2.45, 2.75) is 24.9 Å². The standard InChI is InChI=1S/C19H22N6O2/c1-3-18(26)24-9-14(10-24)25(13-4-5-13)16-6-12(8-21-19(16)27)15-7-17(20-2)23-11-22-15/h3,6-8,11,13-14H,1,4-5,9-10H2,2H3,(H,21,27)(H,20,22,23). The Morgan fingerprint density at radius 3 is 2.78 bits per heavy atom. The van der Waals surface area contributed by atoms with Crippen LogP contribution in [-0.4, -0.2) is 58.0 Å². The summed E-state index contributed by atoms with van der Waals surface area (Å²) in [6.45, 7) is 4.76. The van der Waals surface area contributed by atoms with Crippen LogP contribution < -0.4 is 15.8 Å². The lowest BCUT2D eigenvalue weighted by molar-refractivity contribution is -0.130. The minimum atomic E-state index is -0.123. The molecule has 2 fully saturated rings. The molecule has 1 amide bonds. The molecule has 8 nitrogen and oxygen atoms in total. The molecule has 1 saturated heterocycles. The molecular weight excluding hydrogens is 344 g/mol. The van der Waals surface area contributed by atoms with E-state index in [0.717, 1.165) is 24.1 Å². The van der Waals surface area contributed by atoms with Gasteiger partial charge in [-0.25, -0.2) is 9.97 Å². The number of carbonyl (C=O) groups is 1. The predicted octanol–water partition coefficient (Wildman–Crippen LogP) is 1.24. The molecule has 27 heavy (non-hydrogen) atoms. The van der Waals surface area contributed by atoms with Crippen molar-refractivity contribution in [3.05, 3.63) is 47.7 Å². The van der Waals surface area contributed by atoms with Crippen LogP contribution in [0.2, 0.25) is 0 Å². The molecule has 0 unspecified atom stereocenters. The molecule has 2 N–H and O–H groups in total. The lowest BCUT2D eigenvalue weighted by Crippen LogP contribution is -2.62. The fourth-order valence-electron chi connectivity index (χ4n) is 3.45.